The summed E-state index contributed by atoms with van der Waals surface area (Å²) < 4.78 is 3.30. The average molecular weight is 580 g/mol. The second-order valence-electron chi connectivity index (χ2n) is 10.3. The van der Waals surface area contributed by atoms with Crippen LogP contribution in [0.5, 0.6) is 0 Å². The molecule has 10 heteroatoms. The van der Waals surface area contributed by atoms with Gasteiger partial charge in [-0.2, -0.15) is 5.10 Å². The summed E-state index contributed by atoms with van der Waals surface area (Å²) in [4.78, 5) is 33.6. The van der Waals surface area contributed by atoms with Gasteiger partial charge in [0.2, 0.25) is 5.17 Å². The Bertz CT molecular complexity index is 1750. The van der Waals surface area contributed by atoms with Crippen molar-refractivity contribution in [1.82, 2.24) is 9.36 Å². The molecule has 1 saturated heterocycles. The van der Waals surface area contributed by atoms with Gasteiger partial charge in [0, 0.05) is 46.6 Å². The molecule has 5 rings (SSSR count). The SMILES string of the molecule is Cc1c(N2C(=O)/C(=C/c3ccc(N(C)C)cc3)SC2=NN=Cc2ccc(N(C)C)cc2)c(=O)n(-c2ccccc2)n1C. The lowest BCUT2D eigenvalue weighted by Crippen LogP contribution is -2.33. The predicted octanol–water partition coefficient (Wildman–Crippen LogP) is 5.13. The second kappa shape index (κ2) is 12.0. The zero-order chi connectivity index (χ0) is 30.0. The normalized spacial score (nSPS) is 15.4. The molecular formula is C32H33N7O2S. The number of thioether (sulfide) groups is 1. The fourth-order valence-corrected chi connectivity index (χ4v) is 5.50. The van der Waals surface area contributed by atoms with Crippen LogP contribution in [0.3, 0.4) is 0 Å². The molecule has 1 aliphatic heterocycles. The molecule has 0 radical (unpaired) electrons. The molecule has 42 heavy (non-hydrogen) atoms. The molecule has 0 unspecified atom stereocenters. The lowest BCUT2D eigenvalue weighted by molar-refractivity contribution is -0.113. The van der Waals surface area contributed by atoms with Gasteiger partial charge in [0.1, 0.15) is 5.69 Å². The van der Waals surface area contributed by atoms with E-state index in [1.54, 1.807) is 22.6 Å². The average Bonchev–Trinajstić information content (AvgIpc) is 3.39. The number of nitrogens with zero attached hydrogens (tertiary/aromatic N) is 7. The van der Waals surface area contributed by atoms with Gasteiger partial charge in [-0.3, -0.25) is 14.3 Å². The van der Waals surface area contributed by atoms with Crippen LogP contribution in [-0.4, -0.2) is 54.8 Å². The van der Waals surface area contributed by atoms with Crippen molar-refractivity contribution in [3.8, 4) is 5.69 Å². The van der Waals surface area contributed by atoms with Crippen LogP contribution in [0.1, 0.15) is 16.8 Å². The molecule has 0 atom stereocenters. The van der Waals surface area contributed by atoms with E-state index in [2.05, 4.69) is 10.2 Å². The number of amides is 1. The highest BCUT2D eigenvalue weighted by atomic mass is 32.2. The first-order valence-corrected chi connectivity index (χ1v) is 14.2. The molecular weight excluding hydrogens is 546 g/mol. The molecule has 0 aliphatic carbocycles. The van der Waals surface area contributed by atoms with Gasteiger partial charge in [0.05, 0.1) is 22.5 Å². The number of carbonyl (C=O) groups excluding carboxylic acids is 1. The Hall–Kier alpha value is -4.83. The molecule has 1 aliphatic rings. The van der Waals surface area contributed by atoms with Gasteiger partial charge in [0.25, 0.3) is 11.5 Å². The third-order valence-corrected chi connectivity index (χ3v) is 7.98. The third-order valence-electron chi connectivity index (χ3n) is 7.02. The van der Waals surface area contributed by atoms with Gasteiger partial charge in [-0.25, -0.2) is 9.58 Å². The van der Waals surface area contributed by atoms with E-state index in [0.717, 1.165) is 22.5 Å². The van der Waals surface area contributed by atoms with E-state index >= 15 is 0 Å². The van der Waals surface area contributed by atoms with E-state index in [0.29, 0.717) is 21.5 Å². The number of benzene rings is 3. The first-order chi connectivity index (χ1) is 20.2. The maximum atomic E-state index is 13.9. The second-order valence-corrected chi connectivity index (χ2v) is 11.3. The minimum absolute atomic E-state index is 0.245. The summed E-state index contributed by atoms with van der Waals surface area (Å²) >= 11 is 1.20. The van der Waals surface area contributed by atoms with Crippen LogP contribution in [-0.2, 0) is 11.8 Å². The van der Waals surface area contributed by atoms with Crippen molar-refractivity contribution in [1.29, 1.82) is 0 Å². The number of anilines is 3. The smallest absolute Gasteiger partial charge is 0.296 e. The molecule has 3 aromatic carbocycles. The Kier molecular flexibility index (Phi) is 8.17. The zero-order valence-corrected chi connectivity index (χ0v) is 25.3. The summed E-state index contributed by atoms with van der Waals surface area (Å²) in [6.45, 7) is 1.82. The number of aromatic nitrogens is 2. The fraction of sp³-hybridized carbons (Fsp3) is 0.188. The van der Waals surface area contributed by atoms with Gasteiger partial charge in [-0.15, -0.1) is 5.10 Å². The highest BCUT2D eigenvalue weighted by Crippen LogP contribution is 2.36. The van der Waals surface area contributed by atoms with Crippen molar-refractivity contribution in [2.24, 2.45) is 17.3 Å². The monoisotopic (exact) mass is 579 g/mol. The predicted molar refractivity (Wildman–Crippen MR) is 175 cm³/mol. The summed E-state index contributed by atoms with van der Waals surface area (Å²) in [5.74, 6) is -0.327. The third kappa shape index (κ3) is 5.66. The molecule has 0 bridgehead atoms. The van der Waals surface area contributed by atoms with Gasteiger partial charge in [0.15, 0.2) is 0 Å². The molecule has 1 fully saturated rings. The van der Waals surface area contributed by atoms with Crippen molar-refractivity contribution in [2.75, 3.05) is 42.9 Å². The molecule has 4 aromatic rings. The van der Waals surface area contributed by atoms with E-state index < -0.39 is 0 Å². The fourth-order valence-electron chi connectivity index (χ4n) is 4.57. The summed E-state index contributed by atoms with van der Waals surface area (Å²) in [7, 11) is 9.72. The topological polar surface area (TPSA) is 78.4 Å². The van der Waals surface area contributed by atoms with E-state index in [1.165, 1.54) is 16.7 Å². The minimum atomic E-state index is -0.327. The largest absolute Gasteiger partial charge is 0.378 e. The number of rotatable bonds is 7. The van der Waals surface area contributed by atoms with Gasteiger partial charge in [-0.1, -0.05) is 42.5 Å². The first kappa shape index (κ1) is 28.7. The van der Waals surface area contributed by atoms with Crippen molar-refractivity contribution in [3.05, 3.63) is 111 Å². The maximum Gasteiger partial charge on any atom is 0.296 e. The van der Waals surface area contributed by atoms with Gasteiger partial charge in [-0.05, 0) is 72.3 Å². The maximum absolute atomic E-state index is 13.9. The molecule has 0 saturated carbocycles. The lowest BCUT2D eigenvalue weighted by atomic mass is 10.2. The molecule has 2 heterocycles. The molecule has 0 spiro atoms. The number of hydrogen-bond donors (Lipinski definition) is 0. The molecule has 214 valence electrons. The Morgan fingerprint density at radius 1 is 0.786 bits per heavy atom. The van der Waals surface area contributed by atoms with Gasteiger partial charge >= 0.3 is 0 Å². The highest BCUT2D eigenvalue weighted by molar-refractivity contribution is 8.19. The van der Waals surface area contributed by atoms with Crippen LogP contribution in [0.25, 0.3) is 11.8 Å². The number of amidine groups is 1. The zero-order valence-electron chi connectivity index (χ0n) is 24.5. The highest BCUT2D eigenvalue weighted by Gasteiger charge is 2.39. The Morgan fingerprint density at radius 2 is 1.36 bits per heavy atom. The van der Waals surface area contributed by atoms with Crippen molar-refractivity contribution < 1.29 is 4.79 Å². The molecule has 9 nitrogen and oxygen atoms in total. The van der Waals surface area contributed by atoms with E-state index in [1.807, 2.05) is 130 Å². The Morgan fingerprint density at radius 3 is 1.93 bits per heavy atom. The summed E-state index contributed by atoms with van der Waals surface area (Å²) in [5.41, 5.74) is 5.12. The number of carbonyl (C=O) groups is 1. The molecule has 0 N–H and O–H groups in total. The van der Waals surface area contributed by atoms with Crippen LogP contribution in [0.4, 0.5) is 17.1 Å². The van der Waals surface area contributed by atoms with Crippen LogP contribution in [0.15, 0.2) is 98.8 Å². The van der Waals surface area contributed by atoms with E-state index in [9.17, 15) is 9.59 Å². The van der Waals surface area contributed by atoms with Crippen LogP contribution in [0, 0.1) is 6.92 Å². The van der Waals surface area contributed by atoms with Crippen molar-refractivity contribution in [2.45, 2.75) is 6.92 Å². The van der Waals surface area contributed by atoms with Crippen LogP contribution in [0.2, 0.25) is 0 Å². The Labute approximate surface area is 249 Å². The Balaban J connectivity index is 1.57. The number of hydrogen-bond acceptors (Lipinski definition) is 7. The van der Waals surface area contributed by atoms with Crippen molar-refractivity contribution in [3.63, 3.8) is 0 Å². The van der Waals surface area contributed by atoms with Crippen LogP contribution < -0.4 is 20.3 Å². The first-order valence-electron chi connectivity index (χ1n) is 13.4. The molecule has 1 amide bonds. The van der Waals surface area contributed by atoms with Crippen LogP contribution >= 0.6 is 11.8 Å². The quantitative estimate of drug-likeness (QED) is 0.172. The summed E-state index contributed by atoms with van der Waals surface area (Å²) in [5, 5.41) is 9.07. The van der Waals surface area contributed by atoms with E-state index in [4.69, 9.17) is 0 Å². The number of para-hydroxylation sites is 1. The van der Waals surface area contributed by atoms with Gasteiger partial charge < -0.3 is 9.80 Å². The molecule has 1 aromatic heterocycles. The van der Waals surface area contributed by atoms with Crippen molar-refractivity contribution >= 4 is 52.2 Å². The minimum Gasteiger partial charge on any atom is -0.378 e. The summed E-state index contributed by atoms with van der Waals surface area (Å²) in [6.07, 6.45) is 3.46. The van der Waals surface area contributed by atoms with E-state index in [-0.39, 0.29) is 17.2 Å². The summed E-state index contributed by atoms with van der Waals surface area (Å²) in [6, 6.07) is 25.2. The lowest BCUT2D eigenvalue weighted by Gasteiger charge is -2.13. The standard InChI is InChI=1S/C32H33N7O2S/c1-22-29(31(41)39(37(22)6)27-10-8-7-9-11-27)38-30(40)28(20-23-12-16-25(17-13-23)35(2)3)42-32(38)34-33-21-24-14-18-26(19-15-24)36(4)5/h7-21H,1-6H3/b28-20-,33-21?,34-32?.